The summed E-state index contributed by atoms with van der Waals surface area (Å²) in [6, 6.07) is 5.87. The summed E-state index contributed by atoms with van der Waals surface area (Å²) in [6.07, 6.45) is 0.648. The average molecular weight is 338 g/mol. The van der Waals surface area contributed by atoms with E-state index in [9.17, 15) is 20.4 Å². The molecule has 0 aliphatic carbocycles. The maximum atomic E-state index is 10.8. The summed E-state index contributed by atoms with van der Waals surface area (Å²) in [5.41, 5.74) is -0.686. The maximum Gasteiger partial charge on any atom is 0.176 e. The largest absolute Gasteiger partial charge is 0.507 e. The molecule has 3 aromatic rings. The quantitative estimate of drug-likeness (QED) is 0.363. The molecule has 1 atom stereocenters. The standard InChI is InChI=1S/C18H14N2O5/c21-10-3-4-11(22)14-13(10)16(23)8-1-2-9-15(12(8)17(14)24)20-18(19-9)5-6-25-7-18/h1-4,21-24H,5-7H2. The highest BCUT2D eigenvalue weighted by Crippen LogP contribution is 2.47. The van der Waals surface area contributed by atoms with Gasteiger partial charge in [-0.1, -0.05) is 0 Å². The van der Waals surface area contributed by atoms with Crippen molar-refractivity contribution in [1.82, 2.24) is 0 Å². The summed E-state index contributed by atoms with van der Waals surface area (Å²) in [5, 5.41) is 43.4. The zero-order valence-corrected chi connectivity index (χ0v) is 13.0. The van der Waals surface area contributed by atoms with E-state index in [4.69, 9.17) is 4.74 Å². The van der Waals surface area contributed by atoms with E-state index in [0.717, 1.165) is 0 Å². The molecule has 7 nitrogen and oxygen atoms in total. The Balaban J connectivity index is 2.02. The highest BCUT2D eigenvalue weighted by molar-refractivity contribution is 6.14. The monoisotopic (exact) mass is 338 g/mol. The number of phenols is 4. The van der Waals surface area contributed by atoms with Crippen LogP contribution in [0.2, 0.25) is 0 Å². The summed E-state index contributed by atoms with van der Waals surface area (Å²) >= 11 is 0. The molecule has 7 heteroatoms. The van der Waals surface area contributed by atoms with Crippen LogP contribution >= 0.6 is 0 Å². The first-order valence-electron chi connectivity index (χ1n) is 7.89. The molecule has 4 N–H and O–H groups in total. The van der Waals surface area contributed by atoms with Crippen molar-refractivity contribution in [2.45, 2.75) is 12.1 Å². The third-order valence-electron chi connectivity index (χ3n) is 4.91. The van der Waals surface area contributed by atoms with Crippen LogP contribution < -0.4 is 10.7 Å². The molecule has 126 valence electrons. The lowest BCUT2D eigenvalue weighted by Gasteiger charge is -2.13. The van der Waals surface area contributed by atoms with Gasteiger partial charge in [-0.05, 0) is 24.3 Å². The molecular weight excluding hydrogens is 324 g/mol. The van der Waals surface area contributed by atoms with Gasteiger partial charge in [0.2, 0.25) is 0 Å². The van der Waals surface area contributed by atoms with E-state index in [2.05, 4.69) is 9.98 Å². The molecule has 1 fully saturated rings. The number of rotatable bonds is 0. The van der Waals surface area contributed by atoms with Crippen molar-refractivity contribution in [1.29, 1.82) is 0 Å². The van der Waals surface area contributed by atoms with Gasteiger partial charge in [-0.3, -0.25) is 4.99 Å². The number of hydrogen-bond acceptors (Lipinski definition) is 7. The van der Waals surface area contributed by atoms with E-state index in [-0.39, 0.29) is 33.8 Å². The first kappa shape index (κ1) is 14.3. The van der Waals surface area contributed by atoms with Crippen molar-refractivity contribution in [3.8, 4) is 23.0 Å². The molecule has 2 heterocycles. The minimum atomic E-state index is -0.686. The number of hydrogen-bond donors (Lipinski definition) is 4. The summed E-state index contributed by atoms with van der Waals surface area (Å²) in [4.78, 5) is 9.29. The second-order valence-electron chi connectivity index (χ2n) is 6.42. The Morgan fingerprint density at radius 1 is 0.840 bits per heavy atom. The lowest BCUT2D eigenvalue weighted by Crippen LogP contribution is -2.22. The van der Waals surface area contributed by atoms with Crippen molar-refractivity contribution in [2.24, 2.45) is 9.98 Å². The third kappa shape index (κ3) is 1.73. The topological polar surface area (TPSA) is 115 Å². The van der Waals surface area contributed by atoms with Crippen molar-refractivity contribution in [3.63, 3.8) is 0 Å². The van der Waals surface area contributed by atoms with Crippen molar-refractivity contribution < 1.29 is 25.2 Å². The minimum Gasteiger partial charge on any atom is -0.507 e. The fraction of sp³-hybridized carbons (Fsp3) is 0.222. The zero-order chi connectivity index (χ0) is 17.3. The van der Waals surface area contributed by atoms with Crippen LogP contribution in [-0.2, 0) is 4.74 Å². The number of benzene rings is 3. The molecule has 25 heavy (non-hydrogen) atoms. The predicted molar refractivity (Wildman–Crippen MR) is 88.6 cm³/mol. The maximum absolute atomic E-state index is 10.8. The Bertz CT molecular complexity index is 1200. The lowest BCUT2D eigenvalue weighted by atomic mass is 9.98. The Hall–Kier alpha value is -3.06. The highest BCUT2D eigenvalue weighted by atomic mass is 16.5. The molecule has 3 aromatic carbocycles. The van der Waals surface area contributed by atoms with E-state index in [1.54, 1.807) is 12.1 Å². The SMILES string of the molecule is Oc1ccc(O)c2c(O)c3c4c(ccc3c(O)c12)=NC1(CCOC1)N=4. The Kier molecular flexibility index (Phi) is 2.58. The van der Waals surface area contributed by atoms with Gasteiger partial charge in [0.15, 0.2) is 5.66 Å². The van der Waals surface area contributed by atoms with E-state index in [0.29, 0.717) is 41.1 Å². The van der Waals surface area contributed by atoms with Crippen LogP contribution in [0.25, 0.3) is 21.5 Å². The first-order chi connectivity index (χ1) is 12.0. The fourth-order valence-corrected chi connectivity index (χ4v) is 3.72. The van der Waals surface area contributed by atoms with E-state index >= 15 is 0 Å². The highest BCUT2D eigenvalue weighted by Gasteiger charge is 2.36. The molecule has 1 unspecified atom stereocenters. The van der Waals surface area contributed by atoms with Crippen LogP contribution in [0.4, 0.5) is 0 Å². The van der Waals surface area contributed by atoms with E-state index in [1.807, 2.05) is 0 Å². The summed E-state index contributed by atoms with van der Waals surface area (Å²) in [7, 11) is 0. The van der Waals surface area contributed by atoms with Gasteiger partial charge < -0.3 is 25.2 Å². The van der Waals surface area contributed by atoms with Gasteiger partial charge in [-0.25, -0.2) is 4.99 Å². The van der Waals surface area contributed by atoms with Gasteiger partial charge in [0.1, 0.15) is 23.0 Å². The van der Waals surface area contributed by atoms with Crippen LogP contribution in [0.1, 0.15) is 6.42 Å². The van der Waals surface area contributed by atoms with Gasteiger partial charge in [0, 0.05) is 11.8 Å². The Morgan fingerprint density at radius 2 is 1.56 bits per heavy atom. The van der Waals surface area contributed by atoms with E-state index < -0.39 is 5.66 Å². The van der Waals surface area contributed by atoms with Crippen LogP contribution in [0.15, 0.2) is 34.3 Å². The van der Waals surface area contributed by atoms with Crippen molar-refractivity contribution in [3.05, 3.63) is 35.0 Å². The normalized spacial score (nSPS) is 21.6. The molecule has 0 aromatic heterocycles. The minimum absolute atomic E-state index is 0.00111. The zero-order valence-electron chi connectivity index (χ0n) is 13.0. The molecule has 5 rings (SSSR count). The van der Waals surface area contributed by atoms with Gasteiger partial charge in [-0.15, -0.1) is 0 Å². The molecule has 0 saturated carbocycles. The van der Waals surface area contributed by atoms with Gasteiger partial charge >= 0.3 is 0 Å². The van der Waals surface area contributed by atoms with Crippen molar-refractivity contribution in [2.75, 3.05) is 13.2 Å². The number of aromatic hydroxyl groups is 4. The summed E-state index contributed by atoms with van der Waals surface area (Å²) in [5.74, 6) is -0.944. The first-order valence-corrected chi connectivity index (χ1v) is 7.89. The van der Waals surface area contributed by atoms with Crippen LogP contribution in [0, 0.1) is 0 Å². The van der Waals surface area contributed by atoms with Crippen LogP contribution in [0.5, 0.6) is 23.0 Å². The van der Waals surface area contributed by atoms with Crippen molar-refractivity contribution >= 4 is 21.5 Å². The number of phenolic OH excluding ortho intramolecular Hbond substituents is 4. The molecule has 2 aliphatic rings. The van der Waals surface area contributed by atoms with E-state index in [1.165, 1.54) is 12.1 Å². The molecule has 1 spiro atoms. The number of fused-ring (bicyclic) bond motifs is 4. The average Bonchev–Trinajstić information content (AvgIpc) is 3.20. The van der Waals surface area contributed by atoms with Gasteiger partial charge in [0.25, 0.3) is 0 Å². The Labute approximate surface area is 140 Å². The lowest BCUT2D eigenvalue weighted by molar-refractivity contribution is 0.180. The second kappa shape index (κ2) is 4.52. The predicted octanol–water partition coefficient (Wildman–Crippen LogP) is 1.18. The molecule has 0 radical (unpaired) electrons. The Morgan fingerprint density at radius 3 is 2.24 bits per heavy atom. The molecule has 0 bridgehead atoms. The fourth-order valence-electron chi connectivity index (χ4n) is 3.72. The van der Waals surface area contributed by atoms with Crippen LogP contribution in [-0.4, -0.2) is 39.3 Å². The molecule has 1 saturated heterocycles. The van der Waals surface area contributed by atoms with Gasteiger partial charge in [-0.2, -0.15) is 0 Å². The number of ether oxygens (including phenoxy) is 1. The van der Waals surface area contributed by atoms with Gasteiger partial charge in [0.05, 0.1) is 40.1 Å². The second-order valence-corrected chi connectivity index (χ2v) is 6.42. The summed E-state index contributed by atoms with van der Waals surface area (Å²) < 4.78 is 5.41. The molecular formula is C18H14N2O5. The van der Waals surface area contributed by atoms with Crippen LogP contribution in [0.3, 0.4) is 0 Å². The smallest absolute Gasteiger partial charge is 0.176 e. The third-order valence-corrected chi connectivity index (χ3v) is 4.91. The summed E-state index contributed by atoms with van der Waals surface area (Å²) in [6.45, 7) is 0.934. The number of nitrogens with zero attached hydrogens (tertiary/aromatic N) is 2. The molecule has 2 aliphatic heterocycles. The molecule has 0 amide bonds.